The van der Waals surface area contributed by atoms with Crippen LogP contribution in [0.2, 0.25) is 0 Å². The quantitative estimate of drug-likeness (QED) is 0.858. The largest absolute Gasteiger partial charge is 0.392 e. The predicted molar refractivity (Wildman–Crippen MR) is 62.4 cm³/mol. The second kappa shape index (κ2) is 4.22. The number of aromatic nitrogens is 3. The molecule has 0 bridgehead atoms. The first-order valence-electron chi connectivity index (χ1n) is 5.61. The van der Waals surface area contributed by atoms with Gasteiger partial charge in [-0.15, -0.1) is 0 Å². The molecule has 0 radical (unpaired) electrons. The fraction of sp³-hybridized carbons (Fsp3) is 0.500. The molecule has 16 heavy (non-hydrogen) atoms. The van der Waals surface area contributed by atoms with E-state index in [4.69, 9.17) is 0 Å². The summed E-state index contributed by atoms with van der Waals surface area (Å²) in [5, 5.41) is 14.1. The molecule has 0 saturated carbocycles. The van der Waals surface area contributed by atoms with Crippen molar-refractivity contribution in [3.05, 3.63) is 29.7 Å². The van der Waals surface area contributed by atoms with Gasteiger partial charge in [-0.1, -0.05) is 13.8 Å². The van der Waals surface area contributed by atoms with E-state index in [9.17, 15) is 5.11 Å². The molecule has 0 aliphatic rings. The van der Waals surface area contributed by atoms with Gasteiger partial charge in [-0.25, -0.2) is 9.50 Å². The molecule has 0 aliphatic carbocycles. The van der Waals surface area contributed by atoms with Crippen molar-refractivity contribution in [3.8, 4) is 0 Å². The standard InChI is InChI=1S/C12H17N3O/c1-4-11(16)9(3)10-5-8(2)6-12-13-7-14-15(10)12/h5-7,9,11,16H,4H2,1-3H3. The second-order valence-corrected chi connectivity index (χ2v) is 4.25. The van der Waals surface area contributed by atoms with Crippen LogP contribution in [0.3, 0.4) is 0 Å². The molecule has 0 saturated heterocycles. The van der Waals surface area contributed by atoms with E-state index in [1.807, 2.05) is 26.8 Å². The molecule has 2 heterocycles. The fourth-order valence-corrected chi connectivity index (χ4v) is 1.96. The molecule has 2 aromatic rings. The first-order chi connectivity index (χ1) is 7.63. The highest BCUT2D eigenvalue weighted by Crippen LogP contribution is 2.22. The van der Waals surface area contributed by atoms with Gasteiger partial charge in [0.15, 0.2) is 5.65 Å². The Balaban J connectivity index is 2.53. The van der Waals surface area contributed by atoms with E-state index < -0.39 is 0 Å². The number of aryl methyl sites for hydroxylation is 1. The van der Waals surface area contributed by atoms with Gasteiger partial charge in [0.25, 0.3) is 0 Å². The molecule has 0 aliphatic heterocycles. The first-order valence-corrected chi connectivity index (χ1v) is 5.61. The van der Waals surface area contributed by atoms with Crippen LogP contribution in [0, 0.1) is 6.92 Å². The van der Waals surface area contributed by atoms with E-state index in [1.165, 1.54) is 0 Å². The van der Waals surface area contributed by atoms with E-state index in [-0.39, 0.29) is 12.0 Å². The first kappa shape index (κ1) is 11.1. The number of aliphatic hydroxyl groups excluding tert-OH is 1. The zero-order valence-electron chi connectivity index (χ0n) is 9.88. The van der Waals surface area contributed by atoms with Crippen molar-refractivity contribution in [1.29, 1.82) is 0 Å². The highest BCUT2D eigenvalue weighted by molar-refractivity contribution is 5.42. The molecule has 86 valence electrons. The summed E-state index contributed by atoms with van der Waals surface area (Å²) in [5.74, 6) is 0.0640. The third kappa shape index (κ3) is 1.80. The predicted octanol–water partition coefficient (Wildman–Crippen LogP) is 1.91. The Morgan fingerprint density at radius 2 is 2.19 bits per heavy atom. The minimum atomic E-state index is -0.339. The molecule has 2 atom stereocenters. The van der Waals surface area contributed by atoms with Crippen LogP contribution >= 0.6 is 0 Å². The van der Waals surface area contributed by atoms with Crippen molar-refractivity contribution < 1.29 is 5.11 Å². The maximum atomic E-state index is 9.91. The Kier molecular flexibility index (Phi) is 2.92. The Morgan fingerprint density at radius 3 is 2.88 bits per heavy atom. The van der Waals surface area contributed by atoms with Crippen molar-refractivity contribution in [1.82, 2.24) is 14.6 Å². The van der Waals surface area contributed by atoms with Crippen LogP contribution in [0.4, 0.5) is 0 Å². The Hall–Kier alpha value is -1.42. The van der Waals surface area contributed by atoms with E-state index in [0.29, 0.717) is 0 Å². The lowest BCUT2D eigenvalue weighted by atomic mass is 9.97. The van der Waals surface area contributed by atoms with Gasteiger partial charge >= 0.3 is 0 Å². The lowest BCUT2D eigenvalue weighted by Crippen LogP contribution is -2.17. The molecule has 2 unspecified atom stereocenters. The number of nitrogens with zero attached hydrogens (tertiary/aromatic N) is 3. The summed E-state index contributed by atoms with van der Waals surface area (Å²) < 4.78 is 1.80. The topological polar surface area (TPSA) is 50.4 Å². The van der Waals surface area contributed by atoms with Crippen molar-refractivity contribution in [2.45, 2.75) is 39.2 Å². The zero-order chi connectivity index (χ0) is 11.7. The number of aliphatic hydroxyl groups is 1. The highest BCUT2D eigenvalue weighted by atomic mass is 16.3. The molecule has 2 aromatic heterocycles. The summed E-state index contributed by atoms with van der Waals surface area (Å²) >= 11 is 0. The maximum Gasteiger partial charge on any atom is 0.155 e. The molecule has 4 heteroatoms. The van der Waals surface area contributed by atoms with E-state index in [1.54, 1.807) is 10.8 Å². The van der Waals surface area contributed by atoms with E-state index in [0.717, 1.165) is 23.3 Å². The van der Waals surface area contributed by atoms with Crippen molar-refractivity contribution in [2.75, 3.05) is 0 Å². The summed E-state index contributed by atoms with van der Waals surface area (Å²) in [7, 11) is 0. The van der Waals surface area contributed by atoms with Gasteiger partial charge < -0.3 is 5.11 Å². The average Bonchev–Trinajstić information content (AvgIpc) is 2.73. The number of pyridine rings is 1. The van der Waals surface area contributed by atoms with Crippen LogP contribution in [-0.4, -0.2) is 25.8 Å². The molecule has 2 rings (SSSR count). The van der Waals surface area contributed by atoms with Crippen molar-refractivity contribution in [2.24, 2.45) is 0 Å². The second-order valence-electron chi connectivity index (χ2n) is 4.25. The van der Waals surface area contributed by atoms with Gasteiger partial charge in [0.1, 0.15) is 6.33 Å². The van der Waals surface area contributed by atoms with Gasteiger partial charge in [0, 0.05) is 5.92 Å². The Bertz CT molecular complexity index is 492. The van der Waals surface area contributed by atoms with Crippen molar-refractivity contribution in [3.63, 3.8) is 0 Å². The summed E-state index contributed by atoms with van der Waals surface area (Å²) in [6, 6.07) is 4.05. The molecular formula is C12H17N3O. The smallest absolute Gasteiger partial charge is 0.155 e. The third-order valence-electron chi connectivity index (χ3n) is 3.01. The number of hydrogen-bond donors (Lipinski definition) is 1. The summed E-state index contributed by atoms with van der Waals surface area (Å²) in [4.78, 5) is 4.18. The number of hydrogen-bond acceptors (Lipinski definition) is 3. The zero-order valence-corrected chi connectivity index (χ0v) is 9.88. The maximum absolute atomic E-state index is 9.91. The molecule has 0 fully saturated rings. The van der Waals surface area contributed by atoms with Crippen LogP contribution in [0.25, 0.3) is 5.65 Å². The molecule has 0 amide bonds. The minimum Gasteiger partial charge on any atom is -0.392 e. The van der Waals surface area contributed by atoms with Gasteiger partial charge in [-0.05, 0) is 31.0 Å². The van der Waals surface area contributed by atoms with Crippen molar-refractivity contribution >= 4 is 5.65 Å². The fourth-order valence-electron chi connectivity index (χ4n) is 1.96. The molecule has 0 spiro atoms. The normalized spacial score (nSPS) is 15.2. The lowest BCUT2D eigenvalue weighted by molar-refractivity contribution is 0.142. The van der Waals surface area contributed by atoms with Gasteiger partial charge in [-0.3, -0.25) is 0 Å². The monoisotopic (exact) mass is 219 g/mol. The third-order valence-corrected chi connectivity index (χ3v) is 3.01. The Morgan fingerprint density at radius 1 is 1.44 bits per heavy atom. The van der Waals surface area contributed by atoms with Gasteiger partial charge in [0.2, 0.25) is 0 Å². The molecule has 1 N–H and O–H groups in total. The van der Waals surface area contributed by atoms with E-state index in [2.05, 4.69) is 16.1 Å². The SMILES string of the molecule is CCC(O)C(C)c1cc(C)cc2ncnn12. The summed E-state index contributed by atoms with van der Waals surface area (Å²) in [6.45, 7) is 6.03. The minimum absolute atomic E-state index is 0.0640. The van der Waals surface area contributed by atoms with Crippen LogP contribution in [0.1, 0.15) is 37.4 Å². The van der Waals surface area contributed by atoms with Crippen LogP contribution in [0.15, 0.2) is 18.5 Å². The van der Waals surface area contributed by atoms with Crippen LogP contribution in [0.5, 0.6) is 0 Å². The average molecular weight is 219 g/mol. The van der Waals surface area contributed by atoms with E-state index >= 15 is 0 Å². The highest BCUT2D eigenvalue weighted by Gasteiger charge is 2.18. The molecular weight excluding hydrogens is 202 g/mol. The summed E-state index contributed by atoms with van der Waals surface area (Å²) in [6.07, 6.45) is 1.95. The number of rotatable bonds is 3. The van der Waals surface area contributed by atoms with Gasteiger partial charge in [-0.2, -0.15) is 5.10 Å². The van der Waals surface area contributed by atoms with Crippen LogP contribution < -0.4 is 0 Å². The lowest BCUT2D eigenvalue weighted by Gasteiger charge is -2.18. The van der Waals surface area contributed by atoms with Crippen LogP contribution in [-0.2, 0) is 0 Å². The number of fused-ring (bicyclic) bond motifs is 1. The molecule has 0 aromatic carbocycles. The Labute approximate surface area is 94.9 Å². The molecule has 4 nitrogen and oxygen atoms in total. The summed E-state index contributed by atoms with van der Waals surface area (Å²) in [5.41, 5.74) is 3.00. The van der Waals surface area contributed by atoms with Gasteiger partial charge in [0.05, 0.1) is 11.8 Å².